The molecule has 1 saturated carbocycles. The van der Waals surface area contributed by atoms with Gasteiger partial charge in [0.05, 0.1) is 5.54 Å². The Balaban J connectivity index is 1.42. The van der Waals surface area contributed by atoms with Crippen LogP contribution in [0, 0.1) is 5.92 Å². The number of amides is 2. The number of nitrogens with two attached hydrogens (primary N) is 1. The van der Waals surface area contributed by atoms with Gasteiger partial charge in [-0.25, -0.2) is 0 Å². The first-order chi connectivity index (χ1) is 12.5. The third-order valence-electron chi connectivity index (χ3n) is 6.71. The molecule has 0 aromatic rings. The van der Waals surface area contributed by atoms with Gasteiger partial charge in [-0.05, 0) is 38.1 Å². The number of piperidine rings is 1. The van der Waals surface area contributed by atoms with Crippen LogP contribution in [0.15, 0.2) is 0 Å². The van der Waals surface area contributed by atoms with Gasteiger partial charge < -0.3 is 20.4 Å². The van der Waals surface area contributed by atoms with Gasteiger partial charge in [-0.3, -0.25) is 9.59 Å². The van der Waals surface area contributed by atoms with Gasteiger partial charge in [0, 0.05) is 45.7 Å². The molecule has 3 aliphatic rings. The molecule has 0 bridgehead atoms. The first kappa shape index (κ1) is 19.6. The van der Waals surface area contributed by atoms with E-state index in [4.69, 9.17) is 5.73 Å². The molecule has 0 unspecified atom stereocenters. The van der Waals surface area contributed by atoms with Crippen LogP contribution in [-0.2, 0) is 9.59 Å². The molecular weight excluding hydrogens is 328 g/mol. The normalized spacial score (nSPS) is 25.3. The summed E-state index contributed by atoms with van der Waals surface area (Å²) >= 11 is 0. The van der Waals surface area contributed by atoms with Gasteiger partial charge in [-0.15, -0.1) is 0 Å². The number of hydrogen-bond acceptors (Lipinski definition) is 4. The van der Waals surface area contributed by atoms with Crippen LogP contribution in [0.2, 0.25) is 0 Å². The van der Waals surface area contributed by atoms with E-state index in [1.165, 1.54) is 6.42 Å². The summed E-state index contributed by atoms with van der Waals surface area (Å²) in [6.07, 6.45) is 7.49. The molecule has 2 amide bonds. The molecular formula is C20H36N4O2. The molecule has 2 saturated heterocycles. The zero-order valence-corrected chi connectivity index (χ0v) is 16.4. The largest absolute Gasteiger partial charge is 0.341 e. The molecule has 1 aliphatic carbocycles. The predicted molar refractivity (Wildman–Crippen MR) is 103 cm³/mol. The standard InChI is InChI=1S/C20H36N4O2/c1-2-22-12-14-23(15-13-22)18(25)16-17-6-10-24(11-7-17)19(26)20(21)8-4-3-5-9-20/h17H,2-16,21H2,1H3. The lowest BCUT2D eigenvalue weighted by Gasteiger charge is -2.40. The number of hydrogen-bond donors (Lipinski definition) is 1. The summed E-state index contributed by atoms with van der Waals surface area (Å²) in [7, 11) is 0. The molecule has 3 fully saturated rings. The second-order valence-electron chi connectivity index (χ2n) is 8.47. The van der Waals surface area contributed by atoms with E-state index in [1.807, 2.05) is 9.80 Å². The second-order valence-corrected chi connectivity index (χ2v) is 8.47. The van der Waals surface area contributed by atoms with E-state index in [9.17, 15) is 9.59 Å². The number of carbonyl (C=O) groups excluding carboxylic acids is 2. The van der Waals surface area contributed by atoms with Crippen LogP contribution in [0.3, 0.4) is 0 Å². The van der Waals surface area contributed by atoms with E-state index in [0.717, 1.165) is 84.3 Å². The number of piperazine rings is 1. The lowest BCUT2D eigenvalue weighted by molar-refractivity contribution is -0.140. The van der Waals surface area contributed by atoms with E-state index in [-0.39, 0.29) is 5.91 Å². The van der Waals surface area contributed by atoms with Crippen LogP contribution in [-0.4, -0.2) is 77.9 Å². The fourth-order valence-corrected chi connectivity index (χ4v) is 4.74. The maximum absolute atomic E-state index is 12.8. The van der Waals surface area contributed by atoms with Crippen LogP contribution in [0.4, 0.5) is 0 Å². The number of likely N-dealkylation sites (N-methyl/N-ethyl adjacent to an activating group) is 1. The van der Waals surface area contributed by atoms with Crippen LogP contribution in [0.25, 0.3) is 0 Å². The van der Waals surface area contributed by atoms with Crippen molar-refractivity contribution in [2.75, 3.05) is 45.8 Å². The Hall–Kier alpha value is -1.14. The summed E-state index contributed by atoms with van der Waals surface area (Å²) in [5, 5.41) is 0. The van der Waals surface area contributed by atoms with Crippen molar-refractivity contribution in [3.8, 4) is 0 Å². The number of carbonyl (C=O) groups is 2. The first-order valence-corrected chi connectivity index (χ1v) is 10.6. The third-order valence-corrected chi connectivity index (χ3v) is 6.71. The highest BCUT2D eigenvalue weighted by Crippen LogP contribution is 2.30. The van der Waals surface area contributed by atoms with Gasteiger partial charge in [0.1, 0.15) is 0 Å². The average molecular weight is 365 g/mol. The minimum absolute atomic E-state index is 0.151. The summed E-state index contributed by atoms with van der Waals surface area (Å²) in [6, 6.07) is 0. The summed E-state index contributed by atoms with van der Waals surface area (Å²) < 4.78 is 0. The zero-order valence-electron chi connectivity index (χ0n) is 16.4. The lowest BCUT2D eigenvalue weighted by atomic mass is 9.80. The Morgan fingerprint density at radius 2 is 1.54 bits per heavy atom. The molecule has 6 heteroatoms. The molecule has 2 aliphatic heterocycles. The number of rotatable bonds is 4. The molecule has 0 radical (unpaired) electrons. The second kappa shape index (κ2) is 8.70. The maximum Gasteiger partial charge on any atom is 0.242 e. The van der Waals surface area contributed by atoms with Crippen molar-refractivity contribution < 1.29 is 9.59 Å². The van der Waals surface area contributed by atoms with E-state index < -0.39 is 5.54 Å². The van der Waals surface area contributed by atoms with Crippen LogP contribution in [0.5, 0.6) is 0 Å². The fraction of sp³-hybridized carbons (Fsp3) is 0.900. The van der Waals surface area contributed by atoms with Crippen molar-refractivity contribution in [3.05, 3.63) is 0 Å². The minimum atomic E-state index is -0.625. The van der Waals surface area contributed by atoms with E-state index in [2.05, 4.69) is 11.8 Å². The van der Waals surface area contributed by atoms with Crippen molar-refractivity contribution in [1.82, 2.24) is 14.7 Å². The van der Waals surface area contributed by atoms with Gasteiger partial charge >= 0.3 is 0 Å². The van der Waals surface area contributed by atoms with E-state index in [1.54, 1.807) is 0 Å². The molecule has 148 valence electrons. The lowest BCUT2D eigenvalue weighted by Crippen LogP contribution is -2.57. The van der Waals surface area contributed by atoms with Gasteiger partial charge in [-0.1, -0.05) is 26.2 Å². The fourth-order valence-electron chi connectivity index (χ4n) is 4.74. The highest BCUT2D eigenvalue weighted by atomic mass is 16.2. The minimum Gasteiger partial charge on any atom is -0.341 e. The average Bonchev–Trinajstić information content (AvgIpc) is 2.68. The van der Waals surface area contributed by atoms with Gasteiger partial charge in [-0.2, -0.15) is 0 Å². The van der Waals surface area contributed by atoms with Crippen molar-refractivity contribution in [1.29, 1.82) is 0 Å². The molecule has 0 atom stereocenters. The highest BCUT2D eigenvalue weighted by molar-refractivity contribution is 5.86. The highest BCUT2D eigenvalue weighted by Gasteiger charge is 2.39. The molecule has 2 N–H and O–H groups in total. The summed E-state index contributed by atoms with van der Waals surface area (Å²) in [6.45, 7) is 8.47. The maximum atomic E-state index is 12.8. The number of nitrogens with zero attached hydrogens (tertiary/aromatic N) is 3. The molecule has 26 heavy (non-hydrogen) atoms. The van der Waals surface area contributed by atoms with Crippen molar-refractivity contribution in [2.45, 2.75) is 63.8 Å². The topological polar surface area (TPSA) is 69.9 Å². The Kier molecular flexibility index (Phi) is 6.56. The molecule has 3 rings (SSSR count). The first-order valence-electron chi connectivity index (χ1n) is 10.6. The van der Waals surface area contributed by atoms with Crippen LogP contribution in [0.1, 0.15) is 58.3 Å². The third kappa shape index (κ3) is 4.58. The summed E-state index contributed by atoms with van der Waals surface area (Å²) in [5.41, 5.74) is 5.79. The van der Waals surface area contributed by atoms with Crippen molar-refractivity contribution in [2.24, 2.45) is 11.7 Å². The molecule has 0 aromatic heterocycles. The molecule has 0 aromatic carbocycles. The summed E-state index contributed by atoms with van der Waals surface area (Å²) in [5.74, 6) is 0.863. The quantitative estimate of drug-likeness (QED) is 0.819. The monoisotopic (exact) mass is 364 g/mol. The van der Waals surface area contributed by atoms with E-state index in [0.29, 0.717) is 18.2 Å². The summed E-state index contributed by atoms with van der Waals surface area (Å²) in [4.78, 5) is 31.8. The molecule has 6 nitrogen and oxygen atoms in total. The van der Waals surface area contributed by atoms with Crippen LogP contribution >= 0.6 is 0 Å². The Bertz CT molecular complexity index is 488. The van der Waals surface area contributed by atoms with Gasteiger partial charge in [0.25, 0.3) is 0 Å². The Morgan fingerprint density at radius 1 is 0.923 bits per heavy atom. The van der Waals surface area contributed by atoms with Gasteiger partial charge in [0.2, 0.25) is 11.8 Å². The van der Waals surface area contributed by atoms with Crippen molar-refractivity contribution >= 4 is 11.8 Å². The van der Waals surface area contributed by atoms with Gasteiger partial charge in [0.15, 0.2) is 0 Å². The predicted octanol–water partition coefficient (Wildman–Crippen LogP) is 1.44. The molecule has 2 heterocycles. The number of likely N-dealkylation sites (tertiary alicyclic amines) is 1. The smallest absolute Gasteiger partial charge is 0.242 e. The Morgan fingerprint density at radius 3 is 2.12 bits per heavy atom. The SMILES string of the molecule is CCN1CCN(C(=O)CC2CCN(C(=O)C3(N)CCCCC3)CC2)CC1. The van der Waals surface area contributed by atoms with Crippen LogP contribution < -0.4 is 5.73 Å². The zero-order chi connectivity index (χ0) is 18.6. The van der Waals surface area contributed by atoms with E-state index >= 15 is 0 Å². The molecule has 0 spiro atoms. The van der Waals surface area contributed by atoms with Crippen molar-refractivity contribution in [3.63, 3.8) is 0 Å². The Labute approximate surface area is 158 Å².